The van der Waals surface area contributed by atoms with E-state index in [1.165, 1.54) is 25.0 Å². The van der Waals surface area contributed by atoms with Crippen LogP contribution in [-0.4, -0.2) is 16.0 Å². The van der Waals surface area contributed by atoms with E-state index in [0.717, 1.165) is 12.1 Å². The molecule has 1 N–H and O–H groups in total. The molecule has 2 aromatic rings. The van der Waals surface area contributed by atoms with Gasteiger partial charge in [-0.1, -0.05) is 17.7 Å². The van der Waals surface area contributed by atoms with E-state index in [2.05, 4.69) is 15.3 Å². The average molecular weight is 294 g/mol. The largest absolute Gasteiger partial charge is 0.421 e. The van der Waals surface area contributed by atoms with E-state index in [1.54, 1.807) is 18.5 Å². The lowest BCUT2D eigenvalue weighted by molar-refractivity contribution is 0.410. The van der Waals surface area contributed by atoms with Crippen LogP contribution >= 0.6 is 11.6 Å². The Kier molecular flexibility index (Phi) is 3.80. The summed E-state index contributed by atoms with van der Waals surface area (Å²) in [5.74, 6) is -0.599. The van der Waals surface area contributed by atoms with Gasteiger partial charge < -0.3 is 10.1 Å². The molecule has 0 aliphatic heterocycles. The minimum absolute atomic E-state index is 0.00718. The lowest BCUT2D eigenvalue weighted by Gasteiger charge is -2.06. The van der Waals surface area contributed by atoms with Crippen LogP contribution in [0.3, 0.4) is 0 Å². The van der Waals surface area contributed by atoms with Gasteiger partial charge in [0, 0.05) is 30.5 Å². The van der Waals surface area contributed by atoms with Crippen molar-refractivity contribution in [3.05, 3.63) is 47.0 Å². The summed E-state index contributed by atoms with van der Waals surface area (Å²) in [6.45, 7) is 0.733. The molecule has 1 aromatic heterocycles. The third kappa shape index (κ3) is 3.23. The van der Waals surface area contributed by atoms with Gasteiger partial charge in [0.05, 0.1) is 5.02 Å². The highest BCUT2D eigenvalue weighted by molar-refractivity contribution is 6.30. The Hall–Kier alpha value is -1.72. The van der Waals surface area contributed by atoms with Gasteiger partial charge in [0.1, 0.15) is 0 Å². The molecule has 0 unspecified atom stereocenters. The number of benzene rings is 1. The predicted molar refractivity (Wildman–Crippen MR) is 73.4 cm³/mol. The van der Waals surface area contributed by atoms with Gasteiger partial charge in [-0.2, -0.15) is 0 Å². The van der Waals surface area contributed by atoms with Gasteiger partial charge in [-0.25, -0.2) is 14.4 Å². The van der Waals surface area contributed by atoms with Crippen LogP contribution < -0.4 is 10.1 Å². The lowest BCUT2D eigenvalue weighted by Crippen LogP contribution is -2.15. The van der Waals surface area contributed by atoms with Crippen molar-refractivity contribution in [3.8, 4) is 11.8 Å². The second kappa shape index (κ2) is 5.73. The highest BCUT2D eigenvalue weighted by atomic mass is 35.5. The Morgan fingerprint density at radius 3 is 2.75 bits per heavy atom. The second-order valence-corrected chi connectivity index (χ2v) is 5.09. The minimum Gasteiger partial charge on any atom is -0.421 e. The molecule has 1 aliphatic rings. The first kappa shape index (κ1) is 13.3. The maximum atomic E-state index is 13.7. The van der Waals surface area contributed by atoms with E-state index in [4.69, 9.17) is 16.3 Å². The third-order valence-corrected chi connectivity index (χ3v) is 3.26. The van der Waals surface area contributed by atoms with Crippen molar-refractivity contribution < 1.29 is 9.13 Å². The molecule has 104 valence electrons. The minimum atomic E-state index is -0.614. The summed E-state index contributed by atoms with van der Waals surface area (Å²) in [6, 6.07) is 5.27. The number of hydrogen-bond acceptors (Lipinski definition) is 4. The maximum Gasteiger partial charge on any atom is 0.321 e. The van der Waals surface area contributed by atoms with Crippen LogP contribution in [0.1, 0.15) is 18.4 Å². The van der Waals surface area contributed by atoms with Crippen molar-refractivity contribution in [3.63, 3.8) is 0 Å². The summed E-state index contributed by atoms with van der Waals surface area (Å²) >= 11 is 5.68. The van der Waals surface area contributed by atoms with Gasteiger partial charge in [-0.15, -0.1) is 0 Å². The van der Waals surface area contributed by atoms with E-state index in [9.17, 15) is 4.39 Å². The first-order chi connectivity index (χ1) is 9.72. The van der Waals surface area contributed by atoms with E-state index in [0.29, 0.717) is 6.04 Å². The molecule has 0 spiro atoms. The van der Waals surface area contributed by atoms with Crippen molar-refractivity contribution in [2.45, 2.75) is 25.4 Å². The first-order valence-electron chi connectivity index (χ1n) is 6.38. The molecule has 0 saturated heterocycles. The molecule has 6 heteroatoms. The van der Waals surface area contributed by atoms with Crippen LogP contribution in [-0.2, 0) is 6.54 Å². The molecule has 1 aromatic carbocycles. The number of hydrogen-bond donors (Lipinski definition) is 1. The molecule has 1 aliphatic carbocycles. The van der Waals surface area contributed by atoms with E-state index in [-0.39, 0.29) is 16.8 Å². The summed E-state index contributed by atoms with van der Waals surface area (Å²) in [5.41, 5.74) is 0.968. The highest BCUT2D eigenvalue weighted by Gasteiger charge is 2.20. The van der Waals surface area contributed by atoms with Gasteiger partial charge >= 0.3 is 6.01 Å². The maximum absolute atomic E-state index is 13.7. The molecule has 0 radical (unpaired) electrons. The highest BCUT2D eigenvalue weighted by Crippen LogP contribution is 2.27. The standard InChI is InChI=1S/C14H13ClFN3O/c15-11-2-1-3-12(13(11)16)20-14-18-7-9(8-19-14)6-17-10-4-5-10/h1-3,7-8,10,17H,4-6H2. The number of ether oxygens (including phenoxy) is 1. The van der Waals surface area contributed by atoms with Gasteiger partial charge in [0.25, 0.3) is 0 Å². The van der Waals surface area contributed by atoms with Crippen LogP contribution in [0, 0.1) is 5.82 Å². The zero-order valence-corrected chi connectivity index (χ0v) is 11.4. The fourth-order valence-corrected chi connectivity index (χ4v) is 1.86. The van der Waals surface area contributed by atoms with Crippen LogP contribution in [0.25, 0.3) is 0 Å². The molecule has 0 bridgehead atoms. The number of halogens is 2. The second-order valence-electron chi connectivity index (χ2n) is 4.68. The van der Waals surface area contributed by atoms with E-state index < -0.39 is 5.82 Å². The molecule has 0 amide bonds. The van der Waals surface area contributed by atoms with Gasteiger partial charge in [-0.05, 0) is 25.0 Å². The number of rotatable bonds is 5. The molecular formula is C14H13ClFN3O. The summed E-state index contributed by atoms with van der Waals surface area (Å²) in [4.78, 5) is 8.12. The average Bonchev–Trinajstić information content (AvgIpc) is 3.27. The Morgan fingerprint density at radius 1 is 1.30 bits per heavy atom. The van der Waals surface area contributed by atoms with Gasteiger partial charge in [-0.3, -0.25) is 0 Å². The summed E-state index contributed by atoms with van der Waals surface area (Å²) < 4.78 is 18.9. The number of nitrogens with one attached hydrogen (secondary N) is 1. The van der Waals surface area contributed by atoms with Gasteiger partial charge in [0.15, 0.2) is 11.6 Å². The molecule has 4 nitrogen and oxygen atoms in total. The van der Waals surface area contributed by atoms with Gasteiger partial charge in [0.2, 0.25) is 0 Å². The Bertz CT molecular complexity index is 602. The van der Waals surface area contributed by atoms with Crippen LogP contribution in [0.4, 0.5) is 4.39 Å². The fraction of sp³-hybridized carbons (Fsp3) is 0.286. The molecule has 1 heterocycles. The quantitative estimate of drug-likeness (QED) is 0.919. The normalized spacial score (nSPS) is 14.3. The molecule has 1 saturated carbocycles. The Morgan fingerprint density at radius 2 is 2.05 bits per heavy atom. The Balaban J connectivity index is 1.66. The third-order valence-electron chi connectivity index (χ3n) is 2.97. The van der Waals surface area contributed by atoms with Crippen molar-refractivity contribution in [2.75, 3.05) is 0 Å². The van der Waals surface area contributed by atoms with Crippen molar-refractivity contribution >= 4 is 11.6 Å². The molecule has 0 atom stereocenters. The van der Waals surface area contributed by atoms with Crippen molar-refractivity contribution in [1.29, 1.82) is 0 Å². The van der Waals surface area contributed by atoms with Crippen LogP contribution in [0.15, 0.2) is 30.6 Å². The summed E-state index contributed by atoms with van der Waals surface area (Å²) in [5, 5.41) is 3.37. The zero-order chi connectivity index (χ0) is 13.9. The Labute approximate surface area is 121 Å². The van der Waals surface area contributed by atoms with Crippen molar-refractivity contribution in [1.82, 2.24) is 15.3 Å². The summed E-state index contributed by atoms with van der Waals surface area (Å²) in [6.07, 6.45) is 5.80. The first-order valence-corrected chi connectivity index (χ1v) is 6.76. The van der Waals surface area contributed by atoms with E-state index in [1.807, 2.05) is 0 Å². The SMILES string of the molecule is Fc1c(Cl)cccc1Oc1ncc(CNC2CC2)cn1. The molecule has 1 fully saturated rings. The van der Waals surface area contributed by atoms with Crippen LogP contribution in [0.5, 0.6) is 11.8 Å². The molecule has 3 rings (SSSR count). The fourth-order valence-electron chi connectivity index (χ4n) is 1.70. The topological polar surface area (TPSA) is 47.0 Å². The van der Waals surface area contributed by atoms with Crippen LogP contribution in [0.2, 0.25) is 5.02 Å². The number of aromatic nitrogens is 2. The lowest BCUT2D eigenvalue weighted by atomic mass is 10.3. The monoisotopic (exact) mass is 293 g/mol. The molecular weight excluding hydrogens is 281 g/mol. The zero-order valence-electron chi connectivity index (χ0n) is 10.6. The smallest absolute Gasteiger partial charge is 0.321 e. The summed E-state index contributed by atoms with van der Waals surface area (Å²) in [7, 11) is 0. The molecule has 20 heavy (non-hydrogen) atoms. The van der Waals surface area contributed by atoms with E-state index >= 15 is 0 Å². The predicted octanol–water partition coefficient (Wildman–Crippen LogP) is 3.31. The van der Waals surface area contributed by atoms with Crippen molar-refractivity contribution in [2.24, 2.45) is 0 Å². The number of nitrogens with zero attached hydrogens (tertiary/aromatic N) is 2.